The highest BCUT2D eigenvalue weighted by Gasteiger charge is 2.25. The molecule has 22 heavy (non-hydrogen) atoms. The number of aromatic hydroxyl groups is 1. The van der Waals surface area contributed by atoms with Crippen LogP contribution in [0, 0.1) is 12.7 Å². The predicted molar refractivity (Wildman–Crippen MR) is 77.2 cm³/mol. The molecule has 0 spiro atoms. The predicted octanol–water partition coefficient (Wildman–Crippen LogP) is 3.56. The minimum Gasteiger partial charge on any atom is -0.506 e. The van der Waals surface area contributed by atoms with Crippen molar-refractivity contribution < 1.29 is 29.3 Å². The molecule has 114 valence electrons. The SMILES string of the molecule is Cc1ccc(C(=O)O)c(-c2cc(O)c(Cl)cc2F)c1C(=O)O. The number of carboxylic acids is 2. The average molecular weight is 325 g/mol. The van der Waals surface area contributed by atoms with Gasteiger partial charge in [-0.3, -0.25) is 0 Å². The molecule has 2 aromatic carbocycles. The Bertz CT molecular complexity index is 801. The average Bonchev–Trinajstić information content (AvgIpc) is 2.41. The van der Waals surface area contributed by atoms with Crippen molar-refractivity contribution in [2.24, 2.45) is 0 Å². The Morgan fingerprint density at radius 1 is 1.14 bits per heavy atom. The first-order valence-corrected chi connectivity index (χ1v) is 6.40. The number of phenols is 1. The molecule has 0 aliphatic rings. The second-order valence-electron chi connectivity index (χ2n) is 4.57. The molecule has 0 amide bonds. The number of halogens is 2. The summed E-state index contributed by atoms with van der Waals surface area (Å²) in [6.45, 7) is 1.46. The van der Waals surface area contributed by atoms with E-state index in [2.05, 4.69) is 0 Å². The summed E-state index contributed by atoms with van der Waals surface area (Å²) in [5.74, 6) is -4.22. The van der Waals surface area contributed by atoms with Gasteiger partial charge in [0.05, 0.1) is 16.1 Å². The van der Waals surface area contributed by atoms with Gasteiger partial charge in [-0.1, -0.05) is 17.7 Å². The zero-order valence-electron chi connectivity index (χ0n) is 11.2. The molecule has 2 aromatic rings. The molecular formula is C15H10ClFO5. The zero-order valence-corrected chi connectivity index (χ0v) is 12.0. The van der Waals surface area contributed by atoms with Crippen molar-refractivity contribution in [3.8, 4) is 16.9 Å². The van der Waals surface area contributed by atoms with E-state index in [1.807, 2.05) is 0 Å². The van der Waals surface area contributed by atoms with Gasteiger partial charge in [-0.15, -0.1) is 0 Å². The number of benzene rings is 2. The molecule has 3 N–H and O–H groups in total. The highest BCUT2D eigenvalue weighted by molar-refractivity contribution is 6.32. The third-order valence-electron chi connectivity index (χ3n) is 3.16. The topological polar surface area (TPSA) is 94.8 Å². The van der Waals surface area contributed by atoms with Crippen LogP contribution in [0.4, 0.5) is 4.39 Å². The molecule has 0 heterocycles. The number of carbonyl (C=O) groups is 2. The molecule has 0 aliphatic carbocycles. The van der Waals surface area contributed by atoms with E-state index in [0.29, 0.717) is 0 Å². The highest BCUT2D eigenvalue weighted by atomic mass is 35.5. The number of aromatic carboxylic acids is 2. The number of rotatable bonds is 3. The molecular weight excluding hydrogens is 315 g/mol. The number of aryl methyl sites for hydroxylation is 1. The van der Waals surface area contributed by atoms with Crippen molar-refractivity contribution in [1.82, 2.24) is 0 Å². The van der Waals surface area contributed by atoms with E-state index in [1.54, 1.807) is 0 Å². The van der Waals surface area contributed by atoms with E-state index >= 15 is 0 Å². The minimum atomic E-state index is -1.41. The Morgan fingerprint density at radius 3 is 2.32 bits per heavy atom. The van der Waals surface area contributed by atoms with Crippen LogP contribution in [0.1, 0.15) is 26.3 Å². The lowest BCUT2D eigenvalue weighted by molar-refractivity contribution is 0.0695. The minimum absolute atomic E-state index is 0.261. The summed E-state index contributed by atoms with van der Waals surface area (Å²) in [6.07, 6.45) is 0. The summed E-state index contributed by atoms with van der Waals surface area (Å²) in [4.78, 5) is 22.8. The summed E-state index contributed by atoms with van der Waals surface area (Å²) in [7, 11) is 0. The summed E-state index contributed by atoms with van der Waals surface area (Å²) < 4.78 is 14.2. The quantitative estimate of drug-likeness (QED) is 0.802. The normalized spacial score (nSPS) is 10.5. The van der Waals surface area contributed by atoms with Crippen molar-refractivity contribution >= 4 is 23.5 Å². The molecule has 0 saturated heterocycles. The van der Waals surface area contributed by atoms with Crippen LogP contribution in [-0.2, 0) is 0 Å². The fourth-order valence-electron chi connectivity index (χ4n) is 2.17. The van der Waals surface area contributed by atoms with Crippen molar-refractivity contribution in [3.05, 3.63) is 51.8 Å². The fraction of sp³-hybridized carbons (Fsp3) is 0.0667. The van der Waals surface area contributed by atoms with Gasteiger partial charge in [0.25, 0.3) is 0 Å². The van der Waals surface area contributed by atoms with Gasteiger partial charge in [-0.05, 0) is 30.7 Å². The van der Waals surface area contributed by atoms with Gasteiger partial charge < -0.3 is 15.3 Å². The molecule has 5 nitrogen and oxygen atoms in total. The van der Waals surface area contributed by atoms with Crippen LogP contribution in [-0.4, -0.2) is 27.3 Å². The molecule has 0 unspecified atom stereocenters. The largest absolute Gasteiger partial charge is 0.506 e. The van der Waals surface area contributed by atoms with Crippen molar-refractivity contribution in [2.45, 2.75) is 6.92 Å². The Kier molecular flexibility index (Phi) is 4.05. The van der Waals surface area contributed by atoms with Crippen LogP contribution >= 0.6 is 11.6 Å². The van der Waals surface area contributed by atoms with Gasteiger partial charge in [0, 0.05) is 11.1 Å². The smallest absolute Gasteiger partial charge is 0.336 e. The van der Waals surface area contributed by atoms with Crippen molar-refractivity contribution in [1.29, 1.82) is 0 Å². The van der Waals surface area contributed by atoms with Crippen LogP contribution < -0.4 is 0 Å². The van der Waals surface area contributed by atoms with E-state index in [4.69, 9.17) is 11.6 Å². The van der Waals surface area contributed by atoms with Gasteiger partial charge in [-0.25, -0.2) is 14.0 Å². The summed E-state index contributed by atoms with van der Waals surface area (Å²) in [5, 5.41) is 27.9. The first-order chi connectivity index (χ1) is 10.2. The Balaban J connectivity index is 2.95. The third kappa shape index (κ3) is 2.60. The number of phenolic OH excluding ortho intramolecular Hbond substituents is 1. The van der Waals surface area contributed by atoms with Gasteiger partial charge >= 0.3 is 11.9 Å². The van der Waals surface area contributed by atoms with Gasteiger partial charge in [0.2, 0.25) is 0 Å². The Morgan fingerprint density at radius 2 is 1.77 bits per heavy atom. The standard InChI is InChI=1S/C15H10ClFO5/c1-6-2-3-7(14(19)20)13(12(6)15(21)22)8-4-11(18)9(16)5-10(8)17/h2-5,18H,1H3,(H,19,20)(H,21,22). The van der Waals surface area contributed by atoms with Crippen LogP contribution in [0.3, 0.4) is 0 Å². The molecule has 0 atom stereocenters. The summed E-state index contributed by atoms with van der Waals surface area (Å²) >= 11 is 5.59. The Hall–Kier alpha value is -2.60. The van der Waals surface area contributed by atoms with E-state index in [-0.39, 0.29) is 32.8 Å². The maximum absolute atomic E-state index is 14.2. The maximum Gasteiger partial charge on any atom is 0.336 e. The zero-order chi connectivity index (χ0) is 16.6. The lowest BCUT2D eigenvalue weighted by Crippen LogP contribution is -2.10. The van der Waals surface area contributed by atoms with Gasteiger partial charge in [0.1, 0.15) is 11.6 Å². The first-order valence-electron chi connectivity index (χ1n) is 6.02. The van der Waals surface area contributed by atoms with E-state index < -0.39 is 23.5 Å². The van der Waals surface area contributed by atoms with Crippen molar-refractivity contribution in [2.75, 3.05) is 0 Å². The maximum atomic E-state index is 14.2. The van der Waals surface area contributed by atoms with Crippen LogP contribution in [0.5, 0.6) is 5.75 Å². The van der Waals surface area contributed by atoms with Gasteiger partial charge in [0.15, 0.2) is 0 Å². The molecule has 0 aromatic heterocycles. The lowest BCUT2D eigenvalue weighted by atomic mass is 9.90. The molecule has 0 bridgehead atoms. The molecule has 7 heteroatoms. The van der Waals surface area contributed by atoms with Crippen molar-refractivity contribution in [3.63, 3.8) is 0 Å². The van der Waals surface area contributed by atoms with E-state index in [9.17, 15) is 29.3 Å². The first kappa shape index (κ1) is 15.8. The number of hydrogen-bond donors (Lipinski definition) is 3. The summed E-state index contributed by atoms with van der Waals surface area (Å²) in [6, 6.07) is 4.21. The van der Waals surface area contributed by atoms with Crippen LogP contribution in [0.15, 0.2) is 24.3 Å². The molecule has 0 aliphatic heterocycles. The summed E-state index contributed by atoms with van der Waals surface area (Å²) in [5.41, 5.74) is -1.13. The monoisotopic (exact) mass is 324 g/mol. The molecule has 2 rings (SSSR count). The number of carboxylic acid groups (broad SMARTS) is 2. The molecule has 0 radical (unpaired) electrons. The van der Waals surface area contributed by atoms with Crippen LogP contribution in [0.25, 0.3) is 11.1 Å². The number of hydrogen-bond acceptors (Lipinski definition) is 3. The van der Waals surface area contributed by atoms with Gasteiger partial charge in [-0.2, -0.15) is 0 Å². The molecule has 0 fully saturated rings. The Labute approximate surface area is 129 Å². The molecule has 0 saturated carbocycles. The van der Waals surface area contributed by atoms with Crippen LogP contribution in [0.2, 0.25) is 5.02 Å². The third-order valence-corrected chi connectivity index (χ3v) is 3.47. The van der Waals surface area contributed by atoms with E-state index in [1.165, 1.54) is 19.1 Å². The lowest BCUT2D eigenvalue weighted by Gasteiger charge is -2.14. The van der Waals surface area contributed by atoms with E-state index in [0.717, 1.165) is 12.1 Å². The fourth-order valence-corrected chi connectivity index (χ4v) is 2.32. The highest BCUT2D eigenvalue weighted by Crippen LogP contribution is 2.37. The second-order valence-corrected chi connectivity index (χ2v) is 4.98. The second kappa shape index (κ2) is 5.65.